The molecule has 0 atom stereocenters. The molecule has 0 saturated carbocycles. The van der Waals surface area contributed by atoms with Gasteiger partial charge < -0.3 is 14.8 Å². The molecule has 1 rings (SSSR count). The molecule has 0 aliphatic heterocycles. The molecular weight excluding hydrogens is 246 g/mol. The van der Waals surface area contributed by atoms with E-state index in [0.717, 1.165) is 0 Å². The maximum absolute atomic E-state index is 11.5. The van der Waals surface area contributed by atoms with Gasteiger partial charge in [0.1, 0.15) is 12.1 Å². The highest BCUT2D eigenvalue weighted by Crippen LogP contribution is 2.19. The standard InChI is InChI=1S/C13H21N3O3/c1-9(2)19-11-6-10(15-8-16-11)14-7-13(3,4)12(17)18-5/h6,8-9H,7H2,1-5H3,(H,14,15,16). The molecule has 6 nitrogen and oxygen atoms in total. The fourth-order valence-electron chi connectivity index (χ4n) is 1.40. The minimum absolute atomic E-state index is 0.0502. The molecule has 1 aromatic rings. The van der Waals surface area contributed by atoms with Gasteiger partial charge >= 0.3 is 5.97 Å². The average molecular weight is 267 g/mol. The summed E-state index contributed by atoms with van der Waals surface area (Å²) in [5.41, 5.74) is -0.626. The van der Waals surface area contributed by atoms with E-state index in [1.807, 2.05) is 13.8 Å². The van der Waals surface area contributed by atoms with Gasteiger partial charge in [0.15, 0.2) is 0 Å². The van der Waals surface area contributed by atoms with Gasteiger partial charge in [-0.25, -0.2) is 9.97 Å². The number of rotatable bonds is 6. The van der Waals surface area contributed by atoms with Crippen molar-refractivity contribution in [3.8, 4) is 5.88 Å². The molecule has 19 heavy (non-hydrogen) atoms. The van der Waals surface area contributed by atoms with Crippen molar-refractivity contribution in [2.75, 3.05) is 19.0 Å². The SMILES string of the molecule is COC(=O)C(C)(C)CNc1cc(OC(C)C)ncn1. The third-order valence-corrected chi connectivity index (χ3v) is 2.45. The quantitative estimate of drug-likeness (QED) is 0.793. The molecule has 106 valence electrons. The molecule has 0 aliphatic rings. The van der Waals surface area contributed by atoms with Gasteiger partial charge in [0.05, 0.1) is 18.6 Å². The Kier molecular flexibility index (Phi) is 5.09. The number of anilines is 1. The van der Waals surface area contributed by atoms with Crippen LogP contribution in [0.1, 0.15) is 27.7 Å². The number of carbonyl (C=O) groups excluding carboxylic acids is 1. The molecule has 0 bridgehead atoms. The minimum Gasteiger partial charge on any atom is -0.475 e. The lowest BCUT2D eigenvalue weighted by atomic mass is 9.94. The van der Waals surface area contributed by atoms with Crippen LogP contribution < -0.4 is 10.1 Å². The number of carbonyl (C=O) groups is 1. The molecule has 1 aromatic heterocycles. The average Bonchev–Trinajstić information content (AvgIpc) is 2.35. The molecule has 0 radical (unpaired) electrons. The van der Waals surface area contributed by atoms with Crippen LogP contribution in [0.2, 0.25) is 0 Å². The highest BCUT2D eigenvalue weighted by atomic mass is 16.5. The first-order chi connectivity index (χ1) is 8.85. The first kappa shape index (κ1) is 15.2. The summed E-state index contributed by atoms with van der Waals surface area (Å²) in [6, 6.07) is 1.70. The number of nitrogens with zero attached hydrogens (tertiary/aromatic N) is 2. The lowest BCUT2D eigenvalue weighted by Crippen LogP contribution is -2.33. The van der Waals surface area contributed by atoms with E-state index in [2.05, 4.69) is 15.3 Å². The van der Waals surface area contributed by atoms with Gasteiger partial charge in [0.2, 0.25) is 5.88 Å². The van der Waals surface area contributed by atoms with E-state index in [0.29, 0.717) is 18.2 Å². The van der Waals surface area contributed by atoms with Crippen molar-refractivity contribution in [3.05, 3.63) is 12.4 Å². The van der Waals surface area contributed by atoms with Crippen LogP contribution in [0.3, 0.4) is 0 Å². The Hall–Kier alpha value is -1.85. The smallest absolute Gasteiger partial charge is 0.313 e. The molecule has 6 heteroatoms. The maximum Gasteiger partial charge on any atom is 0.313 e. The third kappa shape index (κ3) is 4.73. The third-order valence-electron chi connectivity index (χ3n) is 2.45. The summed E-state index contributed by atoms with van der Waals surface area (Å²) in [5, 5.41) is 3.08. The molecule has 0 unspecified atom stereocenters. The summed E-state index contributed by atoms with van der Waals surface area (Å²) in [6.07, 6.45) is 1.47. The molecule has 1 N–H and O–H groups in total. The maximum atomic E-state index is 11.5. The number of hydrogen-bond acceptors (Lipinski definition) is 6. The lowest BCUT2D eigenvalue weighted by Gasteiger charge is -2.22. The van der Waals surface area contributed by atoms with Crippen molar-refractivity contribution < 1.29 is 14.3 Å². The van der Waals surface area contributed by atoms with Crippen molar-refractivity contribution >= 4 is 11.8 Å². The molecule has 0 aliphatic carbocycles. The fraction of sp³-hybridized carbons (Fsp3) is 0.615. The second-order valence-electron chi connectivity index (χ2n) is 5.14. The van der Waals surface area contributed by atoms with Crippen LogP contribution in [0, 0.1) is 5.41 Å². The molecule has 0 aromatic carbocycles. The Morgan fingerprint density at radius 3 is 2.68 bits per heavy atom. The van der Waals surface area contributed by atoms with E-state index in [1.165, 1.54) is 13.4 Å². The topological polar surface area (TPSA) is 73.3 Å². The Labute approximate surface area is 113 Å². The van der Waals surface area contributed by atoms with Crippen LogP contribution >= 0.6 is 0 Å². The molecule has 0 spiro atoms. The number of nitrogens with one attached hydrogen (secondary N) is 1. The van der Waals surface area contributed by atoms with Gasteiger partial charge in [-0.15, -0.1) is 0 Å². The van der Waals surface area contributed by atoms with Gasteiger partial charge in [-0.05, 0) is 27.7 Å². The van der Waals surface area contributed by atoms with Gasteiger partial charge in [0, 0.05) is 12.6 Å². The van der Waals surface area contributed by atoms with E-state index >= 15 is 0 Å². The van der Waals surface area contributed by atoms with E-state index in [4.69, 9.17) is 9.47 Å². The Morgan fingerprint density at radius 2 is 2.11 bits per heavy atom. The van der Waals surface area contributed by atoms with Crippen LogP contribution in [0.25, 0.3) is 0 Å². The Balaban J connectivity index is 2.65. The highest BCUT2D eigenvalue weighted by Gasteiger charge is 2.28. The first-order valence-electron chi connectivity index (χ1n) is 6.16. The fourth-order valence-corrected chi connectivity index (χ4v) is 1.40. The second kappa shape index (κ2) is 6.36. The van der Waals surface area contributed by atoms with Gasteiger partial charge in [0.25, 0.3) is 0 Å². The molecule has 0 fully saturated rings. The van der Waals surface area contributed by atoms with E-state index < -0.39 is 5.41 Å². The summed E-state index contributed by atoms with van der Waals surface area (Å²) in [7, 11) is 1.38. The summed E-state index contributed by atoms with van der Waals surface area (Å²) >= 11 is 0. The Bertz CT molecular complexity index is 433. The molecule has 0 amide bonds. The van der Waals surface area contributed by atoms with Crippen molar-refractivity contribution in [1.82, 2.24) is 9.97 Å². The zero-order valence-corrected chi connectivity index (χ0v) is 12.1. The van der Waals surface area contributed by atoms with Gasteiger partial charge in [-0.1, -0.05) is 0 Å². The first-order valence-corrected chi connectivity index (χ1v) is 6.16. The largest absolute Gasteiger partial charge is 0.475 e. The summed E-state index contributed by atoms with van der Waals surface area (Å²) in [6.45, 7) is 7.88. The molecular formula is C13H21N3O3. The van der Waals surface area contributed by atoms with Crippen LogP contribution in [0.5, 0.6) is 5.88 Å². The number of esters is 1. The summed E-state index contributed by atoms with van der Waals surface area (Å²) < 4.78 is 10.2. The van der Waals surface area contributed by atoms with Crippen LogP contribution in [-0.2, 0) is 9.53 Å². The van der Waals surface area contributed by atoms with E-state index in [1.54, 1.807) is 19.9 Å². The monoisotopic (exact) mass is 267 g/mol. The van der Waals surface area contributed by atoms with Crippen LogP contribution in [0.15, 0.2) is 12.4 Å². The number of ether oxygens (including phenoxy) is 2. The Morgan fingerprint density at radius 1 is 1.42 bits per heavy atom. The predicted molar refractivity (Wildman–Crippen MR) is 72.1 cm³/mol. The van der Waals surface area contributed by atoms with Gasteiger partial charge in [-0.2, -0.15) is 0 Å². The normalized spacial score (nSPS) is 11.3. The van der Waals surface area contributed by atoms with Crippen LogP contribution in [0.4, 0.5) is 5.82 Å². The summed E-state index contributed by atoms with van der Waals surface area (Å²) in [4.78, 5) is 19.6. The molecule has 1 heterocycles. The second-order valence-corrected chi connectivity index (χ2v) is 5.14. The predicted octanol–water partition coefficient (Wildman–Crippen LogP) is 1.87. The summed E-state index contributed by atoms with van der Waals surface area (Å²) in [5.74, 6) is 0.846. The zero-order chi connectivity index (χ0) is 14.5. The highest BCUT2D eigenvalue weighted by molar-refractivity contribution is 5.76. The number of methoxy groups -OCH3 is 1. The van der Waals surface area contributed by atoms with Crippen LogP contribution in [-0.4, -0.2) is 35.7 Å². The zero-order valence-electron chi connectivity index (χ0n) is 12.1. The minimum atomic E-state index is -0.626. The van der Waals surface area contributed by atoms with Crippen molar-refractivity contribution in [3.63, 3.8) is 0 Å². The lowest BCUT2D eigenvalue weighted by molar-refractivity contribution is -0.149. The van der Waals surface area contributed by atoms with E-state index in [-0.39, 0.29) is 12.1 Å². The molecule has 0 saturated heterocycles. The van der Waals surface area contributed by atoms with E-state index in [9.17, 15) is 4.79 Å². The number of aromatic nitrogens is 2. The number of hydrogen-bond donors (Lipinski definition) is 1. The van der Waals surface area contributed by atoms with Crippen molar-refractivity contribution in [2.45, 2.75) is 33.8 Å². The van der Waals surface area contributed by atoms with Crippen molar-refractivity contribution in [2.24, 2.45) is 5.41 Å². The van der Waals surface area contributed by atoms with Crippen molar-refractivity contribution in [1.29, 1.82) is 0 Å². The van der Waals surface area contributed by atoms with Gasteiger partial charge in [-0.3, -0.25) is 4.79 Å².